The first-order valence-electron chi connectivity index (χ1n) is 7.82. The van der Waals surface area contributed by atoms with E-state index >= 15 is 0 Å². The molecule has 0 bridgehead atoms. The molecule has 1 amide bonds. The Labute approximate surface area is 149 Å². The van der Waals surface area contributed by atoms with Gasteiger partial charge in [-0.25, -0.2) is 4.39 Å². The average Bonchev–Trinajstić information content (AvgIpc) is 2.57. The van der Waals surface area contributed by atoms with Crippen molar-refractivity contribution in [2.45, 2.75) is 25.5 Å². The van der Waals surface area contributed by atoms with Crippen molar-refractivity contribution < 1.29 is 13.9 Å². The molecular weight excluding hydrogens is 373 g/mol. The summed E-state index contributed by atoms with van der Waals surface area (Å²) in [5.74, 6) is -0.623. The van der Waals surface area contributed by atoms with Crippen LogP contribution in [0.2, 0.25) is 0 Å². The minimum absolute atomic E-state index is 0.177. The van der Waals surface area contributed by atoms with E-state index < -0.39 is 11.4 Å². The van der Waals surface area contributed by atoms with Crippen molar-refractivity contribution >= 4 is 21.8 Å². The Kier molecular flexibility index (Phi) is 4.74. The fraction of sp³-hybridized carbons (Fsp3) is 0.316. The molecule has 2 aromatic carbocycles. The summed E-state index contributed by atoms with van der Waals surface area (Å²) in [5, 5.41) is 0. The highest BCUT2D eigenvalue weighted by Gasteiger charge is 2.39. The zero-order valence-corrected chi connectivity index (χ0v) is 15.2. The molecule has 0 aliphatic carbocycles. The van der Waals surface area contributed by atoms with Gasteiger partial charge in [0.1, 0.15) is 11.9 Å². The molecule has 2 aromatic rings. The van der Waals surface area contributed by atoms with E-state index in [0.717, 1.165) is 5.56 Å². The van der Waals surface area contributed by atoms with Gasteiger partial charge in [0.25, 0.3) is 5.91 Å². The van der Waals surface area contributed by atoms with Crippen LogP contribution >= 0.6 is 15.9 Å². The van der Waals surface area contributed by atoms with E-state index in [-0.39, 0.29) is 12.0 Å². The van der Waals surface area contributed by atoms with Gasteiger partial charge in [0.2, 0.25) is 0 Å². The van der Waals surface area contributed by atoms with E-state index in [1.54, 1.807) is 17.0 Å². The van der Waals surface area contributed by atoms with Gasteiger partial charge in [-0.3, -0.25) is 4.79 Å². The first kappa shape index (κ1) is 17.1. The third-order valence-corrected chi connectivity index (χ3v) is 4.94. The highest BCUT2D eigenvalue weighted by atomic mass is 79.9. The van der Waals surface area contributed by atoms with Crippen LogP contribution < -0.4 is 0 Å². The van der Waals surface area contributed by atoms with Gasteiger partial charge in [-0.05, 0) is 53.5 Å². The lowest BCUT2D eigenvalue weighted by atomic mass is 9.97. The Balaban J connectivity index is 1.88. The second-order valence-corrected chi connectivity index (χ2v) is 7.42. The van der Waals surface area contributed by atoms with Crippen molar-refractivity contribution in [2.24, 2.45) is 0 Å². The molecule has 1 heterocycles. The Morgan fingerprint density at radius 3 is 2.62 bits per heavy atom. The van der Waals surface area contributed by atoms with Crippen LogP contribution in [0.4, 0.5) is 4.39 Å². The first-order valence-corrected chi connectivity index (χ1v) is 8.61. The Morgan fingerprint density at radius 2 is 1.96 bits per heavy atom. The lowest BCUT2D eigenvalue weighted by molar-refractivity contribution is -0.0846. The summed E-state index contributed by atoms with van der Waals surface area (Å²) < 4.78 is 20.1. The molecule has 1 fully saturated rings. The standard InChI is InChI=1S/C19H19BrFNO2/c1-19(2)12-24-17(13-6-4-3-5-7-13)11-22(19)18(23)14-8-9-15(20)16(21)10-14/h3-10,17H,11-12H2,1-2H3. The highest BCUT2D eigenvalue weighted by molar-refractivity contribution is 9.10. The molecule has 1 aliphatic rings. The second kappa shape index (κ2) is 6.65. The lowest BCUT2D eigenvalue weighted by Gasteiger charge is -2.45. The maximum Gasteiger partial charge on any atom is 0.254 e. The van der Waals surface area contributed by atoms with Crippen LogP contribution in [0.1, 0.15) is 35.9 Å². The molecule has 1 atom stereocenters. The molecule has 1 aliphatic heterocycles. The number of ether oxygens (including phenoxy) is 1. The third-order valence-electron chi connectivity index (χ3n) is 4.30. The van der Waals surface area contributed by atoms with Crippen molar-refractivity contribution in [1.29, 1.82) is 0 Å². The first-order chi connectivity index (χ1) is 11.4. The smallest absolute Gasteiger partial charge is 0.254 e. The molecule has 5 heteroatoms. The number of benzene rings is 2. The van der Waals surface area contributed by atoms with Gasteiger partial charge in [-0.1, -0.05) is 30.3 Å². The summed E-state index contributed by atoms with van der Waals surface area (Å²) in [7, 11) is 0. The summed E-state index contributed by atoms with van der Waals surface area (Å²) >= 11 is 3.12. The van der Waals surface area contributed by atoms with E-state index in [2.05, 4.69) is 15.9 Å². The highest BCUT2D eigenvalue weighted by Crippen LogP contribution is 2.31. The summed E-state index contributed by atoms with van der Waals surface area (Å²) in [6.07, 6.45) is -0.177. The van der Waals surface area contributed by atoms with Crippen LogP contribution in [0.3, 0.4) is 0 Å². The van der Waals surface area contributed by atoms with E-state index in [9.17, 15) is 9.18 Å². The predicted molar refractivity (Wildman–Crippen MR) is 94.4 cm³/mol. The van der Waals surface area contributed by atoms with Gasteiger partial charge < -0.3 is 9.64 Å². The van der Waals surface area contributed by atoms with Gasteiger partial charge in [0.05, 0.1) is 23.2 Å². The average molecular weight is 392 g/mol. The number of nitrogens with zero attached hydrogens (tertiary/aromatic N) is 1. The number of carbonyl (C=O) groups is 1. The second-order valence-electron chi connectivity index (χ2n) is 6.57. The maximum absolute atomic E-state index is 13.8. The monoisotopic (exact) mass is 391 g/mol. The molecule has 24 heavy (non-hydrogen) atoms. The van der Waals surface area contributed by atoms with Crippen molar-refractivity contribution in [3.8, 4) is 0 Å². The molecule has 0 radical (unpaired) electrons. The Hall–Kier alpha value is -1.72. The van der Waals surface area contributed by atoms with E-state index in [1.165, 1.54) is 6.07 Å². The van der Waals surface area contributed by atoms with Crippen molar-refractivity contribution in [3.05, 3.63) is 69.9 Å². The van der Waals surface area contributed by atoms with E-state index in [4.69, 9.17) is 4.74 Å². The summed E-state index contributed by atoms with van der Waals surface area (Å²) in [6, 6.07) is 14.3. The van der Waals surface area contributed by atoms with Gasteiger partial charge in [-0.2, -0.15) is 0 Å². The third kappa shape index (κ3) is 3.37. The number of halogens is 2. The van der Waals surface area contributed by atoms with Crippen LogP contribution in [-0.2, 0) is 4.74 Å². The Bertz CT molecular complexity index is 748. The van der Waals surface area contributed by atoms with Gasteiger partial charge >= 0.3 is 0 Å². The largest absolute Gasteiger partial charge is 0.369 e. The fourth-order valence-electron chi connectivity index (χ4n) is 2.86. The molecule has 1 saturated heterocycles. The van der Waals surface area contributed by atoms with Crippen LogP contribution in [0.5, 0.6) is 0 Å². The quantitative estimate of drug-likeness (QED) is 0.749. The van der Waals surface area contributed by atoms with Crippen molar-refractivity contribution in [1.82, 2.24) is 4.90 Å². The number of carbonyl (C=O) groups excluding carboxylic acids is 1. The van der Waals surface area contributed by atoms with Crippen molar-refractivity contribution in [2.75, 3.05) is 13.2 Å². The van der Waals surface area contributed by atoms with Crippen LogP contribution in [-0.4, -0.2) is 29.5 Å². The van der Waals surface area contributed by atoms with Crippen LogP contribution in [0, 0.1) is 5.82 Å². The minimum Gasteiger partial charge on any atom is -0.369 e. The van der Waals surface area contributed by atoms with Crippen molar-refractivity contribution in [3.63, 3.8) is 0 Å². The number of rotatable bonds is 2. The summed E-state index contributed by atoms with van der Waals surface area (Å²) in [5.41, 5.74) is 0.927. The number of hydrogen-bond acceptors (Lipinski definition) is 2. The minimum atomic E-state index is -0.452. The van der Waals surface area contributed by atoms with Gasteiger partial charge in [0.15, 0.2) is 0 Å². The molecule has 0 aromatic heterocycles. The number of morpholine rings is 1. The zero-order chi connectivity index (χ0) is 17.3. The molecule has 0 saturated carbocycles. The fourth-order valence-corrected chi connectivity index (χ4v) is 3.11. The molecule has 0 spiro atoms. The topological polar surface area (TPSA) is 29.5 Å². The summed E-state index contributed by atoms with van der Waals surface area (Å²) in [4.78, 5) is 14.7. The van der Waals surface area contributed by atoms with E-state index in [0.29, 0.717) is 23.2 Å². The number of hydrogen-bond donors (Lipinski definition) is 0. The lowest BCUT2D eigenvalue weighted by Crippen LogP contribution is -2.56. The summed E-state index contributed by atoms with van der Waals surface area (Å²) in [6.45, 7) is 4.79. The maximum atomic E-state index is 13.8. The van der Waals surface area contributed by atoms with Crippen LogP contribution in [0.25, 0.3) is 0 Å². The molecule has 0 N–H and O–H groups in total. The molecular formula is C19H19BrFNO2. The Morgan fingerprint density at radius 1 is 1.25 bits per heavy atom. The molecule has 1 unspecified atom stereocenters. The molecule has 126 valence electrons. The van der Waals surface area contributed by atoms with Gasteiger partial charge in [-0.15, -0.1) is 0 Å². The van der Waals surface area contributed by atoms with E-state index in [1.807, 2.05) is 44.2 Å². The SMILES string of the molecule is CC1(C)COC(c2ccccc2)CN1C(=O)c1ccc(Br)c(F)c1. The van der Waals surface area contributed by atoms with Gasteiger partial charge in [0, 0.05) is 5.56 Å². The molecule has 3 rings (SSSR count). The predicted octanol–water partition coefficient (Wildman–Crippen LogP) is 4.58. The normalized spacial score (nSPS) is 20.0. The molecule has 3 nitrogen and oxygen atoms in total. The van der Waals surface area contributed by atoms with Crippen LogP contribution in [0.15, 0.2) is 53.0 Å². The number of amides is 1. The zero-order valence-electron chi connectivity index (χ0n) is 13.6.